The summed E-state index contributed by atoms with van der Waals surface area (Å²) in [5.41, 5.74) is 5.98. The van der Waals surface area contributed by atoms with Crippen LogP contribution in [0.5, 0.6) is 0 Å². The number of hydrogen-bond donors (Lipinski definition) is 2. The Kier molecular flexibility index (Phi) is 3.91. The quantitative estimate of drug-likeness (QED) is 0.494. The fourth-order valence-electron chi connectivity index (χ4n) is 1.73. The van der Waals surface area contributed by atoms with E-state index in [0.717, 1.165) is 0 Å². The minimum atomic E-state index is -0.619. The number of hydrogen-bond acceptors (Lipinski definition) is 3. The van der Waals surface area contributed by atoms with Crippen molar-refractivity contribution in [1.29, 1.82) is 5.41 Å². The largest absolute Gasteiger partial charge is 0.369 e. The molecule has 0 fully saturated rings. The molecular formula is C15H13N3O2. The maximum Gasteiger partial charge on any atom is 0.267 e. The van der Waals surface area contributed by atoms with Crippen molar-refractivity contribution >= 4 is 17.8 Å². The van der Waals surface area contributed by atoms with Crippen molar-refractivity contribution < 1.29 is 9.59 Å². The first-order valence-corrected chi connectivity index (χ1v) is 5.94. The lowest BCUT2D eigenvalue weighted by Crippen LogP contribution is -2.45. The van der Waals surface area contributed by atoms with Gasteiger partial charge in [-0.15, -0.1) is 0 Å². The van der Waals surface area contributed by atoms with Gasteiger partial charge in [-0.3, -0.25) is 15.0 Å². The van der Waals surface area contributed by atoms with Crippen LogP contribution in [0.2, 0.25) is 0 Å². The summed E-state index contributed by atoms with van der Waals surface area (Å²) in [5, 5.41) is 7.47. The van der Waals surface area contributed by atoms with Crippen LogP contribution >= 0.6 is 0 Å². The van der Waals surface area contributed by atoms with Crippen molar-refractivity contribution in [2.75, 3.05) is 0 Å². The summed E-state index contributed by atoms with van der Waals surface area (Å²) in [5.74, 6) is -1.84. The molecule has 2 aromatic carbocycles. The third-order valence-corrected chi connectivity index (χ3v) is 2.69. The Balaban J connectivity index is 2.36. The van der Waals surface area contributed by atoms with Crippen LogP contribution in [0.1, 0.15) is 20.7 Å². The summed E-state index contributed by atoms with van der Waals surface area (Å²) in [6.07, 6.45) is 0. The normalized spacial score (nSPS) is 9.80. The maximum absolute atomic E-state index is 12.3. The number of benzene rings is 2. The molecule has 0 saturated carbocycles. The highest BCUT2D eigenvalue weighted by molar-refractivity contribution is 6.20. The fraction of sp³-hybridized carbons (Fsp3) is 0. The molecule has 0 aliphatic carbocycles. The average Bonchev–Trinajstić information content (AvgIpc) is 2.48. The molecule has 5 heteroatoms. The zero-order valence-corrected chi connectivity index (χ0v) is 10.6. The van der Waals surface area contributed by atoms with Gasteiger partial charge in [0.2, 0.25) is 5.96 Å². The lowest BCUT2D eigenvalue weighted by Gasteiger charge is -2.18. The molecule has 0 aliphatic heterocycles. The highest BCUT2D eigenvalue weighted by Crippen LogP contribution is 2.09. The van der Waals surface area contributed by atoms with E-state index >= 15 is 0 Å². The number of guanidine groups is 1. The Labute approximate surface area is 116 Å². The molecule has 0 saturated heterocycles. The van der Waals surface area contributed by atoms with E-state index in [-0.39, 0.29) is 0 Å². The molecule has 0 aromatic heterocycles. The van der Waals surface area contributed by atoms with E-state index in [1.807, 2.05) is 0 Å². The van der Waals surface area contributed by atoms with Crippen molar-refractivity contribution in [3.8, 4) is 0 Å². The third kappa shape index (κ3) is 2.72. The molecule has 0 bridgehead atoms. The van der Waals surface area contributed by atoms with Gasteiger partial charge in [-0.05, 0) is 24.3 Å². The lowest BCUT2D eigenvalue weighted by molar-refractivity contribution is 0.0711. The molecule has 100 valence electrons. The number of rotatable bonds is 2. The summed E-state index contributed by atoms with van der Waals surface area (Å²) < 4.78 is 0. The molecule has 2 aromatic rings. The summed E-state index contributed by atoms with van der Waals surface area (Å²) in [7, 11) is 0. The van der Waals surface area contributed by atoms with Gasteiger partial charge in [0, 0.05) is 11.1 Å². The van der Waals surface area contributed by atoms with Crippen molar-refractivity contribution in [2.24, 2.45) is 5.73 Å². The van der Waals surface area contributed by atoms with Crippen LogP contribution in [0, 0.1) is 5.41 Å². The van der Waals surface area contributed by atoms with Gasteiger partial charge in [-0.25, -0.2) is 4.90 Å². The number of nitrogens with one attached hydrogen (secondary N) is 1. The van der Waals surface area contributed by atoms with E-state index in [1.165, 1.54) is 0 Å². The molecule has 2 rings (SSSR count). The second-order valence-electron chi connectivity index (χ2n) is 4.06. The van der Waals surface area contributed by atoms with Crippen LogP contribution in [0.3, 0.4) is 0 Å². The standard InChI is InChI=1S/C15H13N3O2/c16-15(17)18(13(19)11-7-3-1-4-8-11)14(20)12-9-5-2-6-10-12/h1-10H,(H3,16,17). The molecule has 0 heterocycles. The number of imide groups is 1. The number of nitrogens with zero attached hydrogens (tertiary/aromatic N) is 1. The molecule has 2 amide bonds. The number of carbonyl (C=O) groups is 2. The minimum absolute atomic E-state index is 0.298. The molecule has 5 nitrogen and oxygen atoms in total. The second kappa shape index (κ2) is 5.79. The number of carbonyl (C=O) groups excluding carboxylic acids is 2. The fourth-order valence-corrected chi connectivity index (χ4v) is 1.73. The Morgan fingerprint density at radius 2 is 1.15 bits per heavy atom. The van der Waals surface area contributed by atoms with Crippen LogP contribution in [-0.2, 0) is 0 Å². The van der Waals surface area contributed by atoms with Gasteiger partial charge in [-0.2, -0.15) is 0 Å². The van der Waals surface area contributed by atoms with Crippen molar-refractivity contribution in [2.45, 2.75) is 0 Å². The van der Waals surface area contributed by atoms with Gasteiger partial charge in [0.25, 0.3) is 11.8 Å². The highest BCUT2D eigenvalue weighted by Gasteiger charge is 2.26. The third-order valence-electron chi connectivity index (χ3n) is 2.69. The molecule has 0 spiro atoms. The van der Waals surface area contributed by atoms with Crippen LogP contribution in [0.15, 0.2) is 60.7 Å². The molecule has 0 unspecified atom stereocenters. The molecule has 20 heavy (non-hydrogen) atoms. The second-order valence-corrected chi connectivity index (χ2v) is 4.06. The van der Waals surface area contributed by atoms with Gasteiger partial charge in [-0.1, -0.05) is 36.4 Å². The zero-order chi connectivity index (χ0) is 14.5. The SMILES string of the molecule is N=C(N)N(C(=O)c1ccccc1)C(=O)c1ccccc1. The smallest absolute Gasteiger partial charge is 0.267 e. The van der Waals surface area contributed by atoms with Gasteiger partial charge in [0.1, 0.15) is 0 Å². The number of amides is 2. The van der Waals surface area contributed by atoms with E-state index < -0.39 is 17.8 Å². The van der Waals surface area contributed by atoms with Gasteiger partial charge >= 0.3 is 0 Å². The van der Waals surface area contributed by atoms with Crippen molar-refractivity contribution in [1.82, 2.24) is 4.90 Å². The Morgan fingerprint density at radius 1 is 0.800 bits per heavy atom. The molecule has 0 aliphatic rings. The first-order valence-electron chi connectivity index (χ1n) is 5.94. The summed E-state index contributed by atoms with van der Waals surface area (Å²) in [6, 6.07) is 16.5. The Morgan fingerprint density at radius 3 is 1.45 bits per heavy atom. The molecular weight excluding hydrogens is 254 g/mol. The maximum atomic E-state index is 12.3. The van der Waals surface area contributed by atoms with E-state index in [0.29, 0.717) is 16.0 Å². The molecule has 0 radical (unpaired) electrons. The van der Waals surface area contributed by atoms with Crippen LogP contribution in [0.4, 0.5) is 0 Å². The van der Waals surface area contributed by atoms with Gasteiger partial charge < -0.3 is 5.73 Å². The summed E-state index contributed by atoms with van der Waals surface area (Å²) in [4.78, 5) is 25.2. The van der Waals surface area contributed by atoms with Crippen LogP contribution in [0.25, 0.3) is 0 Å². The van der Waals surface area contributed by atoms with Gasteiger partial charge in [0.05, 0.1) is 0 Å². The first-order chi connectivity index (χ1) is 9.61. The minimum Gasteiger partial charge on any atom is -0.369 e. The summed E-state index contributed by atoms with van der Waals surface area (Å²) >= 11 is 0. The molecule has 3 N–H and O–H groups in total. The first kappa shape index (κ1) is 13.5. The highest BCUT2D eigenvalue weighted by atomic mass is 16.2. The Hall–Kier alpha value is -2.95. The van der Waals surface area contributed by atoms with Gasteiger partial charge in [0.15, 0.2) is 0 Å². The molecule has 0 atom stereocenters. The van der Waals surface area contributed by atoms with E-state index in [2.05, 4.69) is 0 Å². The van der Waals surface area contributed by atoms with Crippen molar-refractivity contribution in [3.63, 3.8) is 0 Å². The van der Waals surface area contributed by atoms with Crippen LogP contribution < -0.4 is 5.73 Å². The van der Waals surface area contributed by atoms with Crippen LogP contribution in [-0.4, -0.2) is 22.7 Å². The van der Waals surface area contributed by atoms with Crippen molar-refractivity contribution in [3.05, 3.63) is 71.8 Å². The number of nitrogens with two attached hydrogens (primary N) is 1. The monoisotopic (exact) mass is 267 g/mol. The topological polar surface area (TPSA) is 87.2 Å². The summed E-state index contributed by atoms with van der Waals surface area (Å²) in [6.45, 7) is 0. The van der Waals surface area contributed by atoms with E-state index in [4.69, 9.17) is 11.1 Å². The van der Waals surface area contributed by atoms with E-state index in [9.17, 15) is 9.59 Å². The van der Waals surface area contributed by atoms with E-state index in [1.54, 1.807) is 60.7 Å². The Bertz CT molecular complexity index is 587. The zero-order valence-electron chi connectivity index (χ0n) is 10.6. The predicted molar refractivity (Wildman–Crippen MR) is 75.3 cm³/mol. The lowest BCUT2D eigenvalue weighted by atomic mass is 10.1. The predicted octanol–water partition coefficient (Wildman–Crippen LogP) is 1.86. The average molecular weight is 267 g/mol.